The minimum absolute atomic E-state index is 0.359. The van der Waals surface area contributed by atoms with Crippen molar-refractivity contribution < 1.29 is 0 Å². The molecule has 1 aliphatic heterocycles. The van der Waals surface area contributed by atoms with Crippen molar-refractivity contribution in [3.63, 3.8) is 0 Å². The van der Waals surface area contributed by atoms with E-state index in [-0.39, 0.29) is 0 Å². The summed E-state index contributed by atoms with van der Waals surface area (Å²) in [6, 6.07) is 9.11. The van der Waals surface area contributed by atoms with Crippen LogP contribution in [0.25, 0.3) is 0 Å². The topological polar surface area (TPSA) is 18.5 Å². The summed E-state index contributed by atoms with van der Waals surface area (Å²) in [4.78, 5) is 7.79. The molecule has 1 N–H and O–H groups in total. The van der Waals surface area contributed by atoms with Crippen LogP contribution in [0.5, 0.6) is 0 Å². The van der Waals surface area contributed by atoms with Crippen LogP contribution < -0.4 is 5.32 Å². The molecule has 0 amide bonds. The second kappa shape index (κ2) is 7.51. The van der Waals surface area contributed by atoms with E-state index < -0.39 is 0 Å². The van der Waals surface area contributed by atoms with Crippen molar-refractivity contribution in [2.75, 3.05) is 46.3 Å². The number of nitrogens with zero attached hydrogens (tertiary/aromatic N) is 2. The van der Waals surface area contributed by atoms with Crippen molar-refractivity contribution in [1.82, 2.24) is 15.1 Å². The van der Waals surface area contributed by atoms with Gasteiger partial charge in [-0.25, -0.2) is 0 Å². The number of nitrogens with one attached hydrogen (secondary N) is 1. The van der Waals surface area contributed by atoms with Gasteiger partial charge in [0, 0.05) is 49.0 Å². The largest absolute Gasteiger partial charge is 0.304 e. The Morgan fingerprint density at radius 1 is 1.05 bits per heavy atom. The lowest BCUT2D eigenvalue weighted by Gasteiger charge is -2.32. The van der Waals surface area contributed by atoms with E-state index in [1.807, 2.05) is 22.7 Å². The number of thiophene rings is 2. The number of piperazine rings is 1. The fraction of sp³-hybridized carbons (Fsp3) is 0.500. The van der Waals surface area contributed by atoms with E-state index in [0.29, 0.717) is 6.04 Å². The van der Waals surface area contributed by atoms with Crippen LogP contribution in [0.3, 0.4) is 0 Å². The molecule has 0 bridgehead atoms. The van der Waals surface area contributed by atoms with Gasteiger partial charge in [-0.2, -0.15) is 0 Å². The molecule has 5 heteroatoms. The van der Waals surface area contributed by atoms with E-state index >= 15 is 0 Å². The third-order valence-corrected chi connectivity index (χ3v) is 5.90. The van der Waals surface area contributed by atoms with Crippen molar-refractivity contribution in [3.8, 4) is 0 Å². The molecule has 0 aliphatic carbocycles. The number of hydrogen-bond donors (Lipinski definition) is 1. The molecular formula is C16H23N3S2. The molecule has 21 heavy (non-hydrogen) atoms. The van der Waals surface area contributed by atoms with Crippen LogP contribution in [0.1, 0.15) is 15.8 Å². The molecule has 1 aliphatic rings. The van der Waals surface area contributed by atoms with E-state index in [1.54, 1.807) is 0 Å². The third kappa shape index (κ3) is 4.14. The van der Waals surface area contributed by atoms with Gasteiger partial charge in [0.2, 0.25) is 0 Å². The Morgan fingerprint density at radius 2 is 1.67 bits per heavy atom. The van der Waals surface area contributed by atoms with Gasteiger partial charge in [-0.15, -0.1) is 22.7 Å². The summed E-state index contributed by atoms with van der Waals surface area (Å²) >= 11 is 3.68. The highest BCUT2D eigenvalue weighted by Crippen LogP contribution is 2.28. The Labute approximate surface area is 135 Å². The second-order valence-electron chi connectivity index (χ2n) is 5.56. The van der Waals surface area contributed by atoms with Gasteiger partial charge in [0.05, 0.1) is 6.04 Å². The zero-order valence-electron chi connectivity index (χ0n) is 12.5. The van der Waals surface area contributed by atoms with Crippen LogP contribution in [0.2, 0.25) is 0 Å². The third-order valence-electron chi connectivity index (χ3n) is 4.03. The summed E-state index contributed by atoms with van der Waals surface area (Å²) in [7, 11) is 2.21. The smallest absolute Gasteiger partial charge is 0.0765 e. The fourth-order valence-corrected chi connectivity index (χ4v) is 4.40. The maximum Gasteiger partial charge on any atom is 0.0765 e. The quantitative estimate of drug-likeness (QED) is 0.882. The summed E-state index contributed by atoms with van der Waals surface area (Å²) in [6.45, 7) is 6.96. The van der Waals surface area contributed by atoms with Gasteiger partial charge in [-0.1, -0.05) is 12.1 Å². The van der Waals surface area contributed by atoms with Gasteiger partial charge in [-0.05, 0) is 29.9 Å². The maximum atomic E-state index is 3.75. The molecular weight excluding hydrogens is 298 g/mol. The lowest BCUT2D eigenvalue weighted by Crippen LogP contribution is -2.46. The monoisotopic (exact) mass is 321 g/mol. The Morgan fingerprint density at radius 3 is 2.19 bits per heavy atom. The van der Waals surface area contributed by atoms with E-state index in [9.17, 15) is 0 Å². The molecule has 114 valence electrons. The highest BCUT2D eigenvalue weighted by atomic mass is 32.1. The average molecular weight is 322 g/mol. The van der Waals surface area contributed by atoms with E-state index in [2.05, 4.69) is 57.2 Å². The molecule has 3 heterocycles. The molecule has 0 radical (unpaired) electrons. The molecule has 0 unspecified atom stereocenters. The highest BCUT2D eigenvalue weighted by Gasteiger charge is 2.17. The van der Waals surface area contributed by atoms with Gasteiger partial charge in [0.1, 0.15) is 0 Å². The van der Waals surface area contributed by atoms with Gasteiger partial charge >= 0.3 is 0 Å². The van der Waals surface area contributed by atoms with Gasteiger partial charge in [0.15, 0.2) is 0 Å². The minimum atomic E-state index is 0.359. The SMILES string of the molecule is CN1CCN(CCNC(c2cccs2)c2cccs2)CC1. The maximum absolute atomic E-state index is 3.75. The molecule has 0 spiro atoms. The first-order valence-electron chi connectivity index (χ1n) is 7.54. The number of likely N-dealkylation sites (N-methyl/N-ethyl adjacent to an activating group) is 1. The zero-order chi connectivity index (χ0) is 14.5. The fourth-order valence-electron chi connectivity index (χ4n) is 2.69. The first kappa shape index (κ1) is 15.2. The summed E-state index contributed by atoms with van der Waals surface area (Å²) in [5, 5.41) is 8.08. The predicted molar refractivity (Wildman–Crippen MR) is 92.4 cm³/mol. The van der Waals surface area contributed by atoms with Crippen LogP contribution in [-0.4, -0.2) is 56.1 Å². The van der Waals surface area contributed by atoms with E-state index in [1.165, 1.54) is 35.9 Å². The molecule has 0 atom stereocenters. The van der Waals surface area contributed by atoms with Crippen molar-refractivity contribution >= 4 is 22.7 Å². The van der Waals surface area contributed by atoms with Gasteiger partial charge in [0.25, 0.3) is 0 Å². The van der Waals surface area contributed by atoms with Crippen LogP contribution in [0, 0.1) is 0 Å². The molecule has 3 rings (SSSR count). The zero-order valence-corrected chi connectivity index (χ0v) is 14.1. The molecule has 0 aromatic carbocycles. The van der Waals surface area contributed by atoms with Crippen LogP contribution >= 0.6 is 22.7 Å². The van der Waals surface area contributed by atoms with Crippen molar-refractivity contribution in [1.29, 1.82) is 0 Å². The van der Waals surface area contributed by atoms with Crippen LogP contribution in [0.4, 0.5) is 0 Å². The van der Waals surface area contributed by atoms with Gasteiger partial charge < -0.3 is 10.2 Å². The molecule has 3 nitrogen and oxygen atoms in total. The Bertz CT molecular complexity index is 467. The first-order valence-corrected chi connectivity index (χ1v) is 9.30. The Hall–Kier alpha value is -0.720. The average Bonchev–Trinajstić information content (AvgIpc) is 3.19. The highest BCUT2D eigenvalue weighted by molar-refractivity contribution is 7.11. The summed E-state index contributed by atoms with van der Waals surface area (Å²) in [5.41, 5.74) is 0. The second-order valence-corrected chi connectivity index (χ2v) is 7.52. The summed E-state index contributed by atoms with van der Waals surface area (Å²) in [5.74, 6) is 0. The molecule has 1 saturated heterocycles. The molecule has 2 aromatic rings. The van der Waals surface area contributed by atoms with E-state index in [4.69, 9.17) is 0 Å². The first-order chi connectivity index (χ1) is 10.3. The van der Waals surface area contributed by atoms with Crippen molar-refractivity contribution in [3.05, 3.63) is 44.8 Å². The predicted octanol–water partition coefficient (Wildman–Crippen LogP) is 2.74. The normalized spacial score (nSPS) is 17.6. The summed E-state index contributed by atoms with van der Waals surface area (Å²) < 4.78 is 0. The molecule has 1 fully saturated rings. The van der Waals surface area contributed by atoms with Gasteiger partial charge in [-0.3, -0.25) is 4.90 Å². The lowest BCUT2D eigenvalue weighted by molar-refractivity contribution is 0.154. The van der Waals surface area contributed by atoms with Crippen molar-refractivity contribution in [2.24, 2.45) is 0 Å². The molecule has 0 saturated carbocycles. The van der Waals surface area contributed by atoms with E-state index in [0.717, 1.165) is 13.1 Å². The van der Waals surface area contributed by atoms with Crippen LogP contribution in [0.15, 0.2) is 35.0 Å². The Kier molecular flexibility index (Phi) is 5.43. The standard InChI is InChI=1S/C16H23N3S2/c1-18-8-10-19(11-9-18)7-6-17-16(14-4-2-12-20-14)15-5-3-13-21-15/h2-5,12-13,16-17H,6-11H2,1H3. The Balaban J connectivity index is 1.54. The minimum Gasteiger partial charge on any atom is -0.304 e. The lowest BCUT2D eigenvalue weighted by atomic mass is 10.2. The van der Waals surface area contributed by atoms with Crippen molar-refractivity contribution in [2.45, 2.75) is 6.04 Å². The number of hydrogen-bond acceptors (Lipinski definition) is 5. The molecule has 2 aromatic heterocycles. The van der Waals surface area contributed by atoms with Crippen LogP contribution in [-0.2, 0) is 0 Å². The summed E-state index contributed by atoms with van der Waals surface area (Å²) in [6.07, 6.45) is 0. The number of rotatable bonds is 6.